The van der Waals surface area contributed by atoms with Crippen molar-refractivity contribution in [2.75, 3.05) is 18.6 Å². The number of pyridine rings is 1. The maximum Gasteiger partial charge on any atom is 0.272 e. The zero-order chi connectivity index (χ0) is 21.1. The molecule has 1 aromatic carbocycles. The molecule has 0 radical (unpaired) electrons. The van der Waals surface area contributed by atoms with Crippen LogP contribution >= 0.6 is 0 Å². The van der Waals surface area contributed by atoms with Crippen molar-refractivity contribution in [3.63, 3.8) is 0 Å². The highest BCUT2D eigenvalue weighted by molar-refractivity contribution is 6.02. The van der Waals surface area contributed by atoms with Crippen LogP contribution in [0.4, 0.5) is 5.82 Å². The van der Waals surface area contributed by atoms with E-state index in [9.17, 15) is 14.9 Å². The van der Waals surface area contributed by atoms with Gasteiger partial charge in [0.15, 0.2) is 17.3 Å². The number of amides is 2. The van der Waals surface area contributed by atoms with Gasteiger partial charge < -0.3 is 10.1 Å². The van der Waals surface area contributed by atoms with E-state index in [1.165, 1.54) is 15.6 Å². The van der Waals surface area contributed by atoms with Crippen molar-refractivity contribution in [1.82, 2.24) is 20.1 Å². The molecule has 3 aromatic rings. The molecule has 9 nitrogen and oxygen atoms in total. The van der Waals surface area contributed by atoms with Crippen LogP contribution in [0, 0.1) is 11.3 Å². The summed E-state index contributed by atoms with van der Waals surface area (Å²) in [5, 5.41) is 16.3. The number of nitrogens with one attached hydrogen (secondary N) is 1. The monoisotopic (exact) mass is 402 g/mol. The summed E-state index contributed by atoms with van der Waals surface area (Å²) < 4.78 is 7.11. The van der Waals surface area contributed by atoms with Crippen LogP contribution in [-0.2, 0) is 11.3 Å². The Bertz CT molecular complexity index is 1140. The molecule has 0 unspecified atom stereocenters. The fourth-order valence-electron chi connectivity index (χ4n) is 3.16. The molecule has 9 heteroatoms. The zero-order valence-corrected chi connectivity index (χ0v) is 16.1. The van der Waals surface area contributed by atoms with Gasteiger partial charge in [-0.1, -0.05) is 30.3 Å². The van der Waals surface area contributed by atoms with E-state index in [0.717, 1.165) is 5.56 Å². The van der Waals surface area contributed by atoms with Gasteiger partial charge in [-0.2, -0.15) is 10.4 Å². The number of carbonyl (C=O) groups excluding carboxylic acids is 2. The lowest BCUT2D eigenvalue weighted by atomic mass is 10.2. The molecule has 0 saturated heterocycles. The first kappa shape index (κ1) is 19.1. The average Bonchev–Trinajstić information content (AvgIpc) is 3.14. The van der Waals surface area contributed by atoms with Crippen LogP contribution < -0.4 is 15.0 Å². The van der Waals surface area contributed by atoms with E-state index >= 15 is 0 Å². The van der Waals surface area contributed by atoms with Crippen molar-refractivity contribution in [2.45, 2.75) is 12.6 Å². The Labute approximate surface area is 172 Å². The fraction of sp³-hybridized carbons (Fsp3) is 0.190. The van der Waals surface area contributed by atoms with Crippen molar-refractivity contribution in [3.8, 4) is 11.8 Å². The number of carbonyl (C=O) groups is 2. The summed E-state index contributed by atoms with van der Waals surface area (Å²) in [5.74, 6) is -0.0697. The Balaban J connectivity index is 1.52. The largest absolute Gasteiger partial charge is 0.487 e. The summed E-state index contributed by atoms with van der Waals surface area (Å²) in [7, 11) is 1.57. The maximum atomic E-state index is 12.8. The number of hydrogen-bond acceptors (Lipinski definition) is 6. The summed E-state index contributed by atoms with van der Waals surface area (Å²) in [6.45, 7) is 0.315. The molecule has 0 saturated carbocycles. The first-order valence-electron chi connectivity index (χ1n) is 9.25. The second-order valence-corrected chi connectivity index (χ2v) is 6.73. The van der Waals surface area contributed by atoms with E-state index in [1.807, 2.05) is 36.4 Å². The third-order valence-corrected chi connectivity index (χ3v) is 4.71. The Kier molecular flexibility index (Phi) is 5.13. The molecular weight excluding hydrogens is 384 g/mol. The van der Waals surface area contributed by atoms with Gasteiger partial charge in [-0.25, -0.2) is 9.67 Å². The molecule has 1 N–H and O–H groups in total. The summed E-state index contributed by atoms with van der Waals surface area (Å²) in [5.41, 5.74) is 1.25. The number of fused-ring (bicyclic) bond motifs is 1. The standard InChI is InChI=1S/C21H18N6O3/c1-26-19-18(8-5-9-23-19)30-13-17(21(26)29)24-20(28)16-10-15(11-22)27(25-16)12-14-6-3-2-4-7-14/h2-10,17H,12-13H2,1H3,(H,24,28)/t17-/m0/s1. The topological polar surface area (TPSA) is 113 Å². The molecule has 1 aliphatic rings. The van der Waals surface area contributed by atoms with Crippen LogP contribution in [0.1, 0.15) is 21.7 Å². The molecule has 0 spiro atoms. The van der Waals surface area contributed by atoms with E-state index in [4.69, 9.17) is 4.74 Å². The minimum atomic E-state index is -0.915. The number of nitrogens with zero attached hydrogens (tertiary/aromatic N) is 5. The van der Waals surface area contributed by atoms with E-state index < -0.39 is 11.9 Å². The second-order valence-electron chi connectivity index (χ2n) is 6.73. The minimum Gasteiger partial charge on any atom is -0.487 e. The van der Waals surface area contributed by atoms with Crippen molar-refractivity contribution >= 4 is 17.6 Å². The molecule has 2 amide bonds. The smallest absolute Gasteiger partial charge is 0.272 e. The fourth-order valence-corrected chi connectivity index (χ4v) is 3.16. The normalized spacial score (nSPS) is 15.5. The summed E-state index contributed by atoms with van der Waals surface area (Å²) in [4.78, 5) is 31.0. The van der Waals surface area contributed by atoms with E-state index in [2.05, 4.69) is 15.4 Å². The molecule has 0 bridgehead atoms. The Morgan fingerprint density at radius 1 is 1.30 bits per heavy atom. The lowest BCUT2D eigenvalue weighted by Gasteiger charge is -2.19. The van der Waals surface area contributed by atoms with Gasteiger partial charge in [0.2, 0.25) is 0 Å². The van der Waals surface area contributed by atoms with Gasteiger partial charge in [0, 0.05) is 19.3 Å². The van der Waals surface area contributed by atoms with Crippen LogP contribution in [0.3, 0.4) is 0 Å². The van der Waals surface area contributed by atoms with Gasteiger partial charge in [-0.3, -0.25) is 14.5 Å². The Hall–Kier alpha value is -4.19. The van der Waals surface area contributed by atoms with Gasteiger partial charge >= 0.3 is 0 Å². The molecule has 150 valence electrons. The van der Waals surface area contributed by atoms with Crippen molar-refractivity contribution in [1.29, 1.82) is 5.26 Å². The highest BCUT2D eigenvalue weighted by Crippen LogP contribution is 2.27. The lowest BCUT2D eigenvalue weighted by molar-refractivity contribution is -0.120. The predicted octanol–water partition coefficient (Wildman–Crippen LogP) is 1.35. The minimum absolute atomic E-state index is 0.0383. The lowest BCUT2D eigenvalue weighted by Crippen LogP contribution is -2.49. The zero-order valence-electron chi connectivity index (χ0n) is 16.1. The third-order valence-electron chi connectivity index (χ3n) is 4.71. The number of ether oxygens (including phenoxy) is 1. The number of hydrogen-bond donors (Lipinski definition) is 1. The van der Waals surface area contributed by atoms with Gasteiger partial charge in [0.1, 0.15) is 24.4 Å². The number of aromatic nitrogens is 3. The first-order chi connectivity index (χ1) is 14.6. The number of anilines is 1. The average molecular weight is 402 g/mol. The third kappa shape index (κ3) is 3.71. The van der Waals surface area contributed by atoms with E-state index in [0.29, 0.717) is 18.1 Å². The van der Waals surface area contributed by atoms with Crippen LogP contribution in [0.5, 0.6) is 5.75 Å². The first-order valence-corrected chi connectivity index (χ1v) is 9.25. The molecule has 1 aliphatic heterocycles. The van der Waals surface area contributed by atoms with Crippen molar-refractivity contribution < 1.29 is 14.3 Å². The number of nitriles is 1. The van der Waals surface area contributed by atoms with E-state index in [1.54, 1.807) is 25.4 Å². The van der Waals surface area contributed by atoms with Gasteiger partial charge in [0.05, 0.1) is 6.54 Å². The maximum absolute atomic E-state index is 12.8. The van der Waals surface area contributed by atoms with Gasteiger partial charge in [-0.15, -0.1) is 0 Å². The molecule has 0 aliphatic carbocycles. The van der Waals surface area contributed by atoms with Crippen LogP contribution in [0.25, 0.3) is 0 Å². The molecule has 1 atom stereocenters. The van der Waals surface area contributed by atoms with Crippen molar-refractivity contribution in [2.24, 2.45) is 0 Å². The highest BCUT2D eigenvalue weighted by Gasteiger charge is 2.32. The highest BCUT2D eigenvalue weighted by atomic mass is 16.5. The molecule has 30 heavy (non-hydrogen) atoms. The Morgan fingerprint density at radius 2 is 2.10 bits per heavy atom. The molecule has 3 heterocycles. The summed E-state index contributed by atoms with van der Waals surface area (Å²) >= 11 is 0. The predicted molar refractivity (Wildman–Crippen MR) is 107 cm³/mol. The number of likely N-dealkylation sites (N-methyl/N-ethyl adjacent to an activating group) is 1. The molecule has 4 rings (SSSR count). The SMILES string of the molecule is CN1C(=O)[C@@H](NC(=O)c2cc(C#N)n(Cc3ccccc3)n2)COc2cccnc21. The molecule has 2 aromatic heterocycles. The quantitative estimate of drug-likeness (QED) is 0.705. The summed E-state index contributed by atoms with van der Waals surface area (Å²) in [6, 6.07) is 15.4. The van der Waals surface area contributed by atoms with Gasteiger partial charge in [-0.05, 0) is 17.7 Å². The summed E-state index contributed by atoms with van der Waals surface area (Å²) in [6.07, 6.45) is 1.56. The molecular formula is C21H18N6O3. The second kappa shape index (κ2) is 8.05. The molecule has 0 fully saturated rings. The van der Waals surface area contributed by atoms with Crippen LogP contribution in [0.2, 0.25) is 0 Å². The Morgan fingerprint density at radius 3 is 2.87 bits per heavy atom. The van der Waals surface area contributed by atoms with E-state index in [-0.39, 0.29) is 23.9 Å². The number of benzene rings is 1. The van der Waals surface area contributed by atoms with Crippen LogP contribution in [0.15, 0.2) is 54.7 Å². The number of rotatable bonds is 4. The van der Waals surface area contributed by atoms with Crippen LogP contribution in [-0.4, -0.2) is 46.3 Å². The van der Waals surface area contributed by atoms with Crippen molar-refractivity contribution in [3.05, 3.63) is 71.7 Å². The van der Waals surface area contributed by atoms with Gasteiger partial charge in [0.25, 0.3) is 11.8 Å².